The maximum Gasteiger partial charge on any atom is 0.280 e. The van der Waals surface area contributed by atoms with Gasteiger partial charge in [-0.05, 0) is 39.7 Å². The zero-order chi connectivity index (χ0) is 16.2. The van der Waals surface area contributed by atoms with E-state index in [0.717, 1.165) is 17.7 Å². The molecule has 2 aromatic rings. The summed E-state index contributed by atoms with van der Waals surface area (Å²) < 4.78 is 6.26. The van der Waals surface area contributed by atoms with Crippen LogP contribution < -0.4 is 4.74 Å². The molecule has 0 radical (unpaired) electrons. The molecule has 0 saturated heterocycles. The SMILES string of the molecule is O=C(COc1ccc(Cl)cc1Br)N1CCC(c2ccccc2)=N1. The lowest BCUT2D eigenvalue weighted by molar-refractivity contribution is -0.132. The molecule has 0 atom stereocenters. The van der Waals surface area contributed by atoms with E-state index in [9.17, 15) is 4.79 Å². The van der Waals surface area contributed by atoms with Gasteiger partial charge in [0.25, 0.3) is 5.91 Å². The molecule has 0 aromatic heterocycles. The number of amides is 1. The summed E-state index contributed by atoms with van der Waals surface area (Å²) in [6, 6.07) is 15.0. The minimum absolute atomic E-state index is 0.0637. The lowest BCUT2D eigenvalue weighted by atomic mass is 10.1. The Morgan fingerprint density at radius 3 is 2.78 bits per heavy atom. The van der Waals surface area contributed by atoms with Crippen molar-refractivity contribution in [3.05, 3.63) is 63.6 Å². The van der Waals surface area contributed by atoms with Crippen molar-refractivity contribution in [1.82, 2.24) is 5.01 Å². The fourth-order valence-electron chi connectivity index (χ4n) is 2.28. The highest BCUT2D eigenvalue weighted by atomic mass is 79.9. The molecule has 1 amide bonds. The van der Waals surface area contributed by atoms with Crippen molar-refractivity contribution in [2.75, 3.05) is 13.2 Å². The number of hydrazone groups is 1. The Labute approximate surface area is 147 Å². The van der Waals surface area contributed by atoms with E-state index in [1.807, 2.05) is 30.3 Å². The molecule has 118 valence electrons. The quantitative estimate of drug-likeness (QED) is 0.784. The second kappa shape index (κ2) is 7.15. The van der Waals surface area contributed by atoms with E-state index in [0.29, 0.717) is 21.8 Å². The predicted molar refractivity (Wildman–Crippen MR) is 94.0 cm³/mol. The van der Waals surface area contributed by atoms with Crippen LogP contribution in [0.1, 0.15) is 12.0 Å². The van der Waals surface area contributed by atoms with Crippen molar-refractivity contribution in [1.29, 1.82) is 0 Å². The van der Waals surface area contributed by atoms with E-state index >= 15 is 0 Å². The Bertz CT molecular complexity index is 750. The van der Waals surface area contributed by atoms with Gasteiger partial charge in [-0.25, -0.2) is 5.01 Å². The molecule has 0 aliphatic carbocycles. The van der Waals surface area contributed by atoms with Gasteiger partial charge < -0.3 is 4.74 Å². The number of hydrogen-bond acceptors (Lipinski definition) is 3. The highest BCUT2D eigenvalue weighted by Gasteiger charge is 2.22. The van der Waals surface area contributed by atoms with E-state index < -0.39 is 0 Å². The number of rotatable bonds is 4. The van der Waals surface area contributed by atoms with Crippen LogP contribution in [0.2, 0.25) is 5.02 Å². The van der Waals surface area contributed by atoms with Gasteiger partial charge in [0, 0.05) is 11.4 Å². The Hall–Kier alpha value is -1.85. The molecule has 0 fully saturated rings. The van der Waals surface area contributed by atoms with E-state index in [4.69, 9.17) is 16.3 Å². The number of benzene rings is 2. The third-order valence-electron chi connectivity index (χ3n) is 3.44. The highest BCUT2D eigenvalue weighted by Crippen LogP contribution is 2.28. The Morgan fingerprint density at radius 1 is 1.26 bits per heavy atom. The topological polar surface area (TPSA) is 41.9 Å². The normalized spacial score (nSPS) is 13.8. The number of ether oxygens (including phenoxy) is 1. The first-order valence-corrected chi connectivity index (χ1v) is 8.32. The molecule has 4 nitrogen and oxygen atoms in total. The van der Waals surface area contributed by atoms with Crippen molar-refractivity contribution in [2.24, 2.45) is 5.10 Å². The number of halogens is 2. The number of carbonyl (C=O) groups is 1. The van der Waals surface area contributed by atoms with Crippen molar-refractivity contribution >= 4 is 39.1 Å². The minimum atomic E-state index is -0.169. The number of hydrogen-bond donors (Lipinski definition) is 0. The molecule has 1 aliphatic rings. The van der Waals surface area contributed by atoms with E-state index in [1.54, 1.807) is 18.2 Å². The van der Waals surface area contributed by atoms with Crippen molar-refractivity contribution in [3.8, 4) is 5.75 Å². The predicted octanol–water partition coefficient (Wildman–Crippen LogP) is 4.12. The average molecular weight is 394 g/mol. The molecule has 1 heterocycles. The Balaban J connectivity index is 1.62. The Morgan fingerprint density at radius 2 is 2.04 bits per heavy atom. The van der Waals surface area contributed by atoms with Crippen LogP contribution in [0.4, 0.5) is 0 Å². The molecule has 0 spiro atoms. The van der Waals surface area contributed by atoms with Crippen molar-refractivity contribution in [3.63, 3.8) is 0 Å². The number of nitrogens with zero attached hydrogens (tertiary/aromatic N) is 2. The van der Waals surface area contributed by atoms with Gasteiger partial charge in [-0.15, -0.1) is 0 Å². The molecular weight excluding hydrogens is 380 g/mol. The fraction of sp³-hybridized carbons (Fsp3) is 0.176. The monoisotopic (exact) mass is 392 g/mol. The molecule has 1 aliphatic heterocycles. The van der Waals surface area contributed by atoms with Gasteiger partial charge in [0.05, 0.1) is 16.7 Å². The molecule has 0 saturated carbocycles. The average Bonchev–Trinajstić information content (AvgIpc) is 3.05. The lowest BCUT2D eigenvalue weighted by Gasteiger charge is -2.13. The van der Waals surface area contributed by atoms with E-state index in [1.165, 1.54) is 5.01 Å². The summed E-state index contributed by atoms with van der Waals surface area (Å²) in [5.74, 6) is 0.409. The van der Waals surface area contributed by atoms with Gasteiger partial charge in [-0.1, -0.05) is 41.9 Å². The summed E-state index contributed by atoms with van der Waals surface area (Å²) in [5.41, 5.74) is 1.97. The van der Waals surface area contributed by atoms with Crippen LogP contribution >= 0.6 is 27.5 Å². The minimum Gasteiger partial charge on any atom is -0.483 e. The largest absolute Gasteiger partial charge is 0.483 e. The second-order valence-corrected chi connectivity index (χ2v) is 6.33. The summed E-state index contributed by atoms with van der Waals surface area (Å²) in [7, 11) is 0. The molecule has 6 heteroatoms. The Kier molecular flexibility index (Phi) is 4.98. The maximum absolute atomic E-state index is 12.2. The van der Waals surface area contributed by atoms with Crippen LogP contribution in [-0.4, -0.2) is 29.8 Å². The summed E-state index contributed by atoms with van der Waals surface area (Å²) in [5, 5.41) is 6.46. The molecule has 0 bridgehead atoms. The van der Waals surface area contributed by atoms with Crippen LogP contribution in [0.15, 0.2) is 58.1 Å². The van der Waals surface area contributed by atoms with Crippen LogP contribution in [0.5, 0.6) is 5.75 Å². The van der Waals surface area contributed by atoms with Gasteiger partial charge in [0.15, 0.2) is 6.61 Å². The first kappa shape index (κ1) is 16.0. The van der Waals surface area contributed by atoms with Gasteiger partial charge in [-0.2, -0.15) is 5.10 Å². The van der Waals surface area contributed by atoms with Gasteiger partial charge in [-0.3, -0.25) is 4.79 Å². The third kappa shape index (κ3) is 3.92. The van der Waals surface area contributed by atoms with Crippen LogP contribution in [-0.2, 0) is 4.79 Å². The van der Waals surface area contributed by atoms with Crippen LogP contribution in [0.25, 0.3) is 0 Å². The molecule has 0 N–H and O–H groups in total. The fourth-order valence-corrected chi connectivity index (χ4v) is 3.07. The third-order valence-corrected chi connectivity index (χ3v) is 4.30. The molecule has 23 heavy (non-hydrogen) atoms. The maximum atomic E-state index is 12.2. The summed E-state index contributed by atoms with van der Waals surface area (Å²) in [4.78, 5) is 12.2. The molecule has 0 unspecified atom stereocenters. The lowest BCUT2D eigenvalue weighted by Crippen LogP contribution is -2.28. The molecular formula is C17H14BrClN2O2. The highest BCUT2D eigenvalue weighted by molar-refractivity contribution is 9.10. The first-order chi connectivity index (χ1) is 11.1. The first-order valence-electron chi connectivity index (χ1n) is 7.14. The number of carbonyl (C=O) groups excluding carboxylic acids is 1. The second-order valence-electron chi connectivity index (χ2n) is 5.04. The van der Waals surface area contributed by atoms with Crippen molar-refractivity contribution < 1.29 is 9.53 Å². The van der Waals surface area contributed by atoms with Gasteiger partial charge in [0.2, 0.25) is 0 Å². The van der Waals surface area contributed by atoms with Gasteiger partial charge in [0.1, 0.15) is 5.75 Å². The summed E-state index contributed by atoms with van der Waals surface area (Å²) >= 11 is 9.24. The summed E-state index contributed by atoms with van der Waals surface area (Å²) in [6.07, 6.45) is 0.750. The van der Waals surface area contributed by atoms with Crippen molar-refractivity contribution in [2.45, 2.75) is 6.42 Å². The molecule has 3 rings (SSSR count). The van der Waals surface area contributed by atoms with Crippen LogP contribution in [0.3, 0.4) is 0 Å². The molecule has 2 aromatic carbocycles. The summed E-state index contributed by atoms with van der Waals surface area (Å²) in [6.45, 7) is 0.514. The van der Waals surface area contributed by atoms with E-state index in [-0.39, 0.29) is 12.5 Å². The zero-order valence-corrected chi connectivity index (χ0v) is 14.5. The van der Waals surface area contributed by atoms with Crippen LogP contribution in [0, 0.1) is 0 Å². The zero-order valence-electron chi connectivity index (χ0n) is 12.2. The van der Waals surface area contributed by atoms with E-state index in [2.05, 4.69) is 21.0 Å². The smallest absolute Gasteiger partial charge is 0.280 e. The van der Waals surface area contributed by atoms with Gasteiger partial charge >= 0.3 is 0 Å². The standard InChI is InChI=1S/C17H14BrClN2O2/c18-14-10-13(19)6-7-16(14)23-11-17(22)21-9-8-15(20-21)12-4-2-1-3-5-12/h1-7,10H,8-9,11H2.